The van der Waals surface area contributed by atoms with Crippen molar-refractivity contribution in [2.24, 2.45) is 0 Å². The van der Waals surface area contributed by atoms with E-state index in [9.17, 15) is 5.11 Å². The second kappa shape index (κ2) is 4.64. The van der Waals surface area contributed by atoms with Gasteiger partial charge in [0.05, 0.1) is 13.7 Å². The van der Waals surface area contributed by atoms with Crippen molar-refractivity contribution >= 4 is 0 Å². The van der Waals surface area contributed by atoms with E-state index in [1.165, 1.54) is 5.56 Å². The molecule has 15 heavy (non-hydrogen) atoms. The molecule has 0 amide bonds. The maximum absolute atomic E-state index is 9.23. The van der Waals surface area contributed by atoms with Gasteiger partial charge in [-0.2, -0.15) is 0 Å². The van der Waals surface area contributed by atoms with Crippen molar-refractivity contribution in [3.8, 4) is 5.75 Å². The summed E-state index contributed by atoms with van der Waals surface area (Å²) < 4.78 is 5.20. The van der Waals surface area contributed by atoms with Crippen LogP contribution in [0.15, 0.2) is 24.3 Å². The normalized spacial score (nSPS) is 25.5. The molecule has 1 aromatic carbocycles. The first kappa shape index (κ1) is 10.5. The second-order valence-electron chi connectivity index (χ2n) is 3.91. The van der Waals surface area contributed by atoms with Gasteiger partial charge in [-0.15, -0.1) is 0 Å². The first-order valence-corrected chi connectivity index (χ1v) is 5.33. The number of methoxy groups -OCH3 is 1. The summed E-state index contributed by atoms with van der Waals surface area (Å²) in [4.78, 5) is 0. The van der Waals surface area contributed by atoms with Crippen molar-refractivity contribution in [2.75, 3.05) is 20.3 Å². The Balaban J connectivity index is 2.20. The third kappa shape index (κ3) is 2.13. The zero-order valence-corrected chi connectivity index (χ0v) is 8.94. The molecule has 0 radical (unpaired) electrons. The number of hydrogen-bond acceptors (Lipinski definition) is 3. The van der Waals surface area contributed by atoms with Gasteiger partial charge in [0.15, 0.2) is 0 Å². The van der Waals surface area contributed by atoms with Crippen molar-refractivity contribution in [3.05, 3.63) is 29.8 Å². The number of nitrogens with one attached hydrogen (secondary N) is 1. The highest BCUT2D eigenvalue weighted by Crippen LogP contribution is 2.29. The highest BCUT2D eigenvalue weighted by molar-refractivity contribution is 5.32. The Morgan fingerprint density at radius 3 is 3.13 bits per heavy atom. The average Bonchev–Trinajstić information content (AvgIpc) is 2.77. The van der Waals surface area contributed by atoms with Gasteiger partial charge in [-0.25, -0.2) is 0 Å². The number of rotatable bonds is 3. The molecule has 1 aliphatic heterocycles. The van der Waals surface area contributed by atoms with Gasteiger partial charge in [0, 0.05) is 12.0 Å². The number of ether oxygens (including phenoxy) is 1. The van der Waals surface area contributed by atoms with E-state index < -0.39 is 0 Å². The van der Waals surface area contributed by atoms with Crippen molar-refractivity contribution < 1.29 is 9.84 Å². The summed E-state index contributed by atoms with van der Waals surface area (Å²) in [6.45, 7) is 1.18. The zero-order chi connectivity index (χ0) is 10.7. The zero-order valence-electron chi connectivity index (χ0n) is 8.94. The Bertz CT molecular complexity index is 327. The lowest BCUT2D eigenvalue weighted by atomic mass is 9.92. The molecule has 0 aliphatic carbocycles. The van der Waals surface area contributed by atoms with Gasteiger partial charge in [0.1, 0.15) is 5.75 Å². The Hall–Kier alpha value is -1.06. The third-order valence-corrected chi connectivity index (χ3v) is 3.07. The Morgan fingerprint density at radius 2 is 2.40 bits per heavy atom. The van der Waals surface area contributed by atoms with Crippen LogP contribution in [-0.2, 0) is 0 Å². The van der Waals surface area contributed by atoms with Gasteiger partial charge < -0.3 is 15.2 Å². The highest BCUT2D eigenvalue weighted by atomic mass is 16.5. The molecule has 1 aliphatic rings. The minimum absolute atomic E-state index is 0.192. The minimum atomic E-state index is 0.192. The molecule has 2 N–H and O–H groups in total. The topological polar surface area (TPSA) is 41.5 Å². The molecular weight excluding hydrogens is 190 g/mol. The fourth-order valence-corrected chi connectivity index (χ4v) is 2.23. The van der Waals surface area contributed by atoms with Gasteiger partial charge in [-0.3, -0.25) is 0 Å². The SMILES string of the molecule is COc1cccc([C@H]2CCN[C@@H]2CO)c1. The van der Waals surface area contributed by atoms with Crippen LogP contribution in [0.4, 0.5) is 0 Å². The molecule has 1 saturated heterocycles. The first-order chi connectivity index (χ1) is 7.35. The number of aliphatic hydroxyl groups is 1. The van der Waals surface area contributed by atoms with Gasteiger partial charge in [0.2, 0.25) is 0 Å². The molecule has 0 saturated carbocycles. The molecular formula is C12H17NO2. The van der Waals surface area contributed by atoms with E-state index in [1.54, 1.807) is 7.11 Å². The molecule has 0 spiro atoms. The molecule has 0 aromatic heterocycles. The van der Waals surface area contributed by atoms with Crippen molar-refractivity contribution in [2.45, 2.75) is 18.4 Å². The van der Waals surface area contributed by atoms with E-state index in [2.05, 4.69) is 17.4 Å². The summed E-state index contributed by atoms with van der Waals surface area (Å²) in [5.74, 6) is 1.29. The molecule has 1 fully saturated rings. The molecule has 2 rings (SSSR count). The molecule has 0 unspecified atom stereocenters. The maximum atomic E-state index is 9.23. The molecule has 0 bridgehead atoms. The predicted molar refractivity (Wildman–Crippen MR) is 59.2 cm³/mol. The van der Waals surface area contributed by atoms with Crippen LogP contribution in [-0.4, -0.2) is 31.4 Å². The molecule has 82 valence electrons. The van der Waals surface area contributed by atoms with Crippen LogP contribution < -0.4 is 10.1 Å². The standard InChI is InChI=1S/C12H17NO2/c1-15-10-4-2-3-9(7-10)11-5-6-13-12(11)8-14/h2-4,7,11-14H,5-6,8H2,1H3/t11-,12-/m1/s1. The molecule has 3 heteroatoms. The average molecular weight is 207 g/mol. The van der Waals surface area contributed by atoms with Gasteiger partial charge in [0.25, 0.3) is 0 Å². The first-order valence-electron chi connectivity index (χ1n) is 5.33. The van der Waals surface area contributed by atoms with Crippen LogP contribution in [0.2, 0.25) is 0 Å². The fourth-order valence-electron chi connectivity index (χ4n) is 2.23. The summed E-state index contributed by atoms with van der Waals surface area (Å²) in [6, 6.07) is 8.29. The summed E-state index contributed by atoms with van der Waals surface area (Å²) in [5.41, 5.74) is 1.25. The van der Waals surface area contributed by atoms with Crippen LogP contribution in [0.3, 0.4) is 0 Å². The Morgan fingerprint density at radius 1 is 1.53 bits per heavy atom. The number of aliphatic hydroxyl groups excluding tert-OH is 1. The van der Waals surface area contributed by atoms with Gasteiger partial charge in [-0.05, 0) is 30.7 Å². The van der Waals surface area contributed by atoms with Crippen LogP contribution in [0.5, 0.6) is 5.75 Å². The summed E-state index contributed by atoms with van der Waals surface area (Å²) in [7, 11) is 1.68. The van der Waals surface area contributed by atoms with E-state index in [0.29, 0.717) is 5.92 Å². The molecule has 1 aromatic rings. The lowest BCUT2D eigenvalue weighted by Gasteiger charge is -2.18. The van der Waals surface area contributed by atoms with Crippen LogP contribution in [0.25, 0.3) is 0 Å². The Kier molecular flexibility index (Phi) is 3.23. The lowest BCUT2D eigenvalue weighted by Crippen LogP contribution is -2.29. The van der Waals surface area contributed by atoms with Crippen LogP contribution >= 0.6 is 0 Å². The van der Waals surface area contributed by atoms with Crippen LogP contribution in [0.1, 0.15) is 17.9 Å². The maximum Gasteiger partial charge on any atom is 0.119 e. The quantitative estimate of drug-likeness (QED) is 0.780. The summed E-state index contributed by atoms with van der Waals surface area (Å²) in [6.07, 6.45) is 1.08. The van der Waals surface area contributed by atoms with E-state index >= 15 is 0 Å². The van der Waals surface area contributed by atoms with Gasteiger partial charge >= 0.3 is 0 Å². The third-order valence-electron chi connectivity index (χ3n) is 3.07. The number of hydrogen-bond donors (Lipinski definition) is 2. The Labute approximate surface area is 90.1 Å². The molecule has 1 heterocycles. The van der Waals surface area contributed by atoms with E-state index in [0.717, 1.165) is 18.7 Å². The molecule has 2 atom stereocenters. The lowest BCUT2D eigenvalue weighted by molar-refractivity contribution is 0.245. The summed E-state index contributed by atoms with van der Waals surface area (Å²) >= 11 is 0. The van der Waals surface area contributed by atoms with Crippen LogP contribution in [0, 0.1) is 0 Å². The van der Waals surface area contributed by atoms with E-state index in [1.807, 2.05) is 12.1 Å². The van der Waals surface area contributed by atoms with Crippen molar-refractivity contribution in [1.82, 2.24) is 5.32 Å². The van der Waals surface area contributed by atoms with E-state index in [-0.39, 0.29) is 12.6 Å². The second-order valence-corrected chi connectivity index (χ2v) is 3.91. The smallest absolute Gasteiger partial charge is 0.119 e. The van der Waals surface area contributed by atoms with Crippen molar-refractivity contribution in [1.29, 1.82) is 0 Å². The predicted octanol–water partition coefficient (Wildman–Crippen LogP) is 1.13. The number of benzene rings is 1. The largest absolute Gasteiger partial charge is 0.497 e. The van der Waals surface area contributed by atoms with Gasteiger partial charge in [-0.1, -0.05) is 12.1 Å². The monoisotopic (exact) mass is 207 g/mol. The summed E-state index contributed by atoms with van der Waals surface area (Å²) in [5, 5.41) is 12.5. The fraction of sp³-hybridized carbons (Fsp3) is 0.500. The minimum Gasteiger partial charge on any atom is -0.497 e. The molecule has 3 nitrogen and oxygen atoms in total. The highest BCUT2D eigenvalue weighted by Gasteiger charge is 2.27. The van der Waals surface area contributed by atoms with Crippen molar-refractivity contribution in [3.63, 3.8) is 0 Å². The van der Waals surface area contributed by atoms with E-state index in [4.69, 9.17) is 4.74 Å².